The zero-order valence-corrected chi connectivity index (χ0v) is 10.4. The van der Waals surface area contributed by atoms with Crippen LogP contribution in [0.4, 0.5) is 5.69 Å². The first kappa shape index (κ1) is 10.8. The molecule has 1 saturated carbocycles. The van der Waals surface area contributed by atoms with Gasteiger partial charge in [0.15, 0.2) is 0 Å². The average molecular weight is 228 g/mol. The maximum Gasteiger partial charge on any atom is 0.0397 e. The Hall–Kier alpha value is -1.28. The largest absolute Gasteiger partial charge is 0.374 e. The van der Waals surface area contributed by atoms with Gasteiger partial charge < -0.3 is 10.2 Å². The molecule has 3 rings (SSSR count). The van der Waals surface area contributed by atoms with Gasteiger partial charge in [0.25, 0.3) is 0 Å². The molecule has 17 heavy (non-hydrogen) atoms. The van der Waals surface area contributed by atoms with Crippen molar-refractivity contribution in [3.05, 3.63) is 35.4 Å². The van der Waals surface area contributed by atoms with E-state index in [2.05, 4.69) is 47.6 Å². The molecule has 0 radical (unpaired) electrons. The quantitative estimate of drug-likeness (QED) is 0.851. The van der Waals surface area contributed by atoms with Crippen LogP contribution in [0.15, 0.2) is 24.3 Å². The van der Waals surface area contributed by atoms with Crippen molar-refractivity contribution in [1.29, 1.82) is 0 Å². The Morgan fingerprint density at radius 1 is 1.41 bits per heavy atom. The molecule has 2 heteroatoms. The molecule has 1 aromatic carbocycles. The fraction of sp³-hybridized carbons (Fsp3) is 0.467. The Morgan fingerprint density at radius 2 is 2.29 bits per heavy atom. The predicted octanol–water partition coefficient (Wildman–Crippen LogP) is 2.44. The number of anilines is 1. The number of fused-ring (bicyclic) bond motifs is 1. The van der Waals surface area contributed by atoms with Crippen LogP contribution in [0.2, 0.25) is 0 Å². The van der Waals surface area contributed by atoms with Crippen molar-refractivity contribution < 1.29 is 0 Å². The molecule has 1 aliphatic heterocycles. The molecule has 1 fully saturated rings. The summed E-state index contributed by atoms with van der Waals surface area (Å²) in [5.41, 5.74) is 4.22. The Balaban J connectivity index is 1.63. The first-order valence-electron chi connectivity index (χ1n) is 6.57. The summed E-state index contributed by atoms with van der Waals surface area (Å²) in [6.07, 6.45) is 8.37. The Morgan fingerprint density at radius 3 is 3.12 bits per heavy atom. The minimum atomic E-state index is 0.799. The highest BCUT2D eigenvalue weighted by atomic mass is 15.1. The van der Waals surface area contributed by atoms with Gasteiger partial charge in [-0.05, 0) is 42.5 Å². The number of nitrogens with one attached hydrogen (secondary N) is 1. The van der Waals surface area contributed by atoms with Gasteiger partial charge >= 0.3 is 0 Å². The van der Waals surface area contributed by atoms with Crippen molar-refractivity contribution in [1.82, 2.24) is 5.32 Å². The first-order chi connectivity index (χ1) is 8.33. The number of hydrogen-bond acceptors (Lipinski definition) is 2. The van der Waals surface area contributed by atoms with Crippen molar-refractivity contribution in [3.8, 4) is 0 Å². The van der Waals surface area contributed by atoms with E-state index in [1.807, 2.05) is 0 Å². The van der Waals surface area contributed by atoms with Crippen LogP contribution in [-0.2, 0) is 6.42 Å². The molecule has 2 aliphatic rings. The predicted molar refractivity (Wildman–Crippen MR) is 73.5 cm³/mol. The molecule has 1 aliphatic carbocycles. The summed E-state index contributed by atoms with van der Waals surface area (Å²) >= 11 is 0. The number of rotatable bonds is 4. The molecule has 2 nitrogen and oxygen atoms in total. The molecule has 1 aromatic rings. The summed E-state index contributed by atoms with van der Waals surface area (Å²) in [6, 6.07) is 7.59. The second-order valence-corrected chi connectivity index (χ2v) is 5.14. The molecule has 0 unspecified atom stereocenters. The second kappa shape index (κ2) is 4.53. The zero-order valence-electron chi connectivity index (χ0n) is 10.4. The highest BCUT2D eigenvalue weighted by molar-refractivity contribution is 5.63. The summed E-state index contributed by atoms with van der Waals surface area (Å²) in [6.45, 7) is 2.16. The molecule has 0 aromatic heterocycles. The SMILES string of the molecule is CN1CCc2cc(C=CCNC3CC3)ccc21. The van der Waals surface area contributed by atoms with Crippen LogP contribution in [0, 0.1) is 0 Å². The van der Waals surface area contributed by atoms with E-state index in [-0.39, 0.29) is 0 Å². The Kier molecular flexibility index (Phi) is 2.89. The average Bonchev–Trinajstić information content (AvgIpc) is 3.10. The maximum atomic E-state index is 3.49. The number of hydrogen-bond donors (Lipinski definition) is 1. The van der Waals surface area contributed by atoms with Gasteiger partial charge in [0.1, 0.15) is 0 Å². The topological polar surface area (TPSA) is 15.3 Å². The van der Waals surface area contributed by atoms with Gasteiger partial charge in [-0.25, -0.2) is 0 Å². The molecular weight excluding hydrogens is 208 g/mol. The lowest BCUT2D eigenvalue weighted by molar-refractivity contribution is 0.754. The lowest BCUT2D eigenvalue weighted by atomic mass is 10.1. The molecule has 0 atom stereocenters. The minimum Gasteiger partial charge on any atom is -0.374 e. The lowest BCUT2D eigenvalue weighted by Crippen LogP contribution is -2.15. The van der Waals surface area contributed by atoms with Crippen LogP contribution in [0.25, 0.3) is 6.08 Å². The third-order valence-corrected chi connectivity index (χ3v) is 3.64. The third kappa shape index (κ3) is 2.52. The molecule has 0 amide bonds. The lowest BCUT2D eigenvalue weighted by Gasteiger charge is -2.11. The molecule has 0 spiro atoms. The molecule has 90 valence electrons. The molecule has 0 bridgehead atoms. The van der Waals surface area contributed by atoms with E-state index in [1.54, 1.807) is 0 Å². The van der Waals surface area contributed by atoms with Crippen LogP contribution in [0.1, 0.15) is 24.0 Å². The van der Waals surface area contributed by atoms with Crippen molar-refractivity contribution in [3.63, 3.8) is 0 Å². The van der Waals surface area contributed by atoms with Crippen LogP contribution >= 0.6 is 0 Å². The standard InChI is InChI=1S/C15H20N2/c1-17-10-8-13-11-12(4-7-15(13)17)3-2-9-16-14-5-6-14/h2-4,7,11,14,16H,5-6,8-10H2,1H3. The van der Waals surface area contributed by atoms with Gasteiger partial charge in [-0.3, -0.25) is 0 Å². The fourth-order valence-corrected chi connectivity index (χ4v) is 2.41. The van der Waals surface area contributed by atoms with E-state index in [4.69, 9.17) is 0 Å². The summed E-state index contributed by atoms with van der Waals surface area (Å²) in [4.78, 5) is 2.33. The van der Waals surface area contributed by atoms with E-state index in [0.29, 0.717) is 0 Å². The highest BCUT2D eigenvalue weighted by Crippen LogP contribution is 2.27. The van der Waals surface area contributed by atoms with E-state index in [9.17, 15) is 0 Å². The van der Waals surface area contributed by atoms with Gasteiger partial charge in [0.2, 0.25) is 0 Å². The fourth-order valence-electron chi connectivity index (χ4n) is 2.41. The zero-order chi connectivity index (χ0) is 11.7. The van der Waals surface area contributed by atoms with Crippen molar-refractivity contribution in [2.24, 2.45) is 0 Å². The third-order valence-electron chi connectivity index (χ3n) is 3.64. The maximum absolute atomic E-state index is 3.49. The van der Waals surface area contributed by atoms with Gasteiger partial charge in [0, 0.05) is 31.9 Å². The smallest absolute Gasteiger partial charge is 0.0397 e. The van der Waals surface area contributed by atoms with Gasteiger partial charge in [-0.1, -0.05) is 18.2 Å². The highest BCUT2D eigenvalue weighted by Gasteiger charge is 2.19. The summed E-state index contributed by atoms with van der Waals surface area (Å²) in [5, 5.41) is 3.49. The summed E-state index contributed by atoms with van der Waals surface area (Å²) in [5.74, 6) is 0. The van der Waals surface area contributed by atoms with Crippen LogP contribution in [0.3, 0.4) is 0 Å². The van der Waals surface area contributed by atoms with Crippen molar-refractivity contribution in [2.75, 3.05) is 25.0 Å². The molecule has 1 heterocycles. The van der Waals surface area contributed by atoms with E-state index in [1.165, 1.54) is 36.1 Å². The molecular formula is C15H20N2. The van der Waals surface area contributed by atoms with Crippen molar-refractivity contribution >= 4 is 11.8 Å². The Bertz CT molecular complexity index is 433. The normalized spacial score (nSPS) is 19.0. The summed E-state index contributed by atoms with van der Waals surface area (Å²) in [7, 11) is 2.17. The number of benzene rings is 1. The van der Waals surface area contributed by atoms with Crippen LogP contribution in [-0.4, -0.2) is 26.2 Å². The molecule has 1 N–H and O–H groups in total. The van der Waals surface area contributed by atoms with Crippen LogP contribution in [0.5, 0.6) is 0 Å². The summed E-state index contributed by atoms with van der Waals surface area (Å²) < 4.78 is 0. The van der Waals surface area contributed by atoms with Crippen LogP contribution < -0.4 is 10.2 Å². The monoisotopic (exact) mass is 228 g/mol. The Labute approximate surface area is 103 Å². The van der Waals surface area contributed by atoms with Gasteiger partial charge in [0.05, 0.1) is 0 Å². The van der Waals surface area contributed by atoms with Gasteiger partial charge in [-0.2, -0.15) is 0 Å². The van der Waals surface area contributed by atoms with Crippen molar-refractivity contribution in [2.45, 2.75) is 25.3 Å². The number of nitrogens with zero attached hydrogens (tertiary/aromatic N) is 1. The van der Waals surface area contributed by atoms with Gasteiger partial charge in [-0.15, -0.1) is 0 Å². The minimum absolute atomic E-state index is 0.799. The molecule has 0 saturated heterocycles. The van der Waals surface area contributed by atoms with E-state index in [0.717, 1.165) is 19.1 Å². The number of likely N-dealkylation sites (N-methyl/N-ethyl adjacent to an activating group) is 1. The second-order valence-electron chi connectivity index (χ2n) is 5.14. The van der Waals surface area contributed by atoms with E-state index >= 15 is 0 Å². The first-order valence-corrected chi connectivity index (χ1v) is 6.57. The van der Waals surface area contributed by atoms with E-state index < -0.39 is 0 Å².